The molecule has 0 aliphatic carbocycles. The highest BCUT2D eigenvalue weighted by Crippen LogP contribution is 2.38. The van der Waals surface area contributed by atoms with Crippen LogP contribution in [-0.4, -0.2) is 62.2 Å². The van der Waals surface area contributed by atoms with E-state index in [0.717, 1.165) is 9.75 Å². The van der Waals surface area contributed by atoms with Crippen molar-refractivity contribution in [3.63, 3.8) is 0 Å². The third kappa shape index (κ3) is 4.90. The standard InChI is InChI=1S/C19H23F3N4O2S3/c1-12-3-4-15(29-12)14-11-25(18-24-23-17(30-18)19(20,21)22)7-8-26(14)16(27)13-5-9-31(2,28)10-6-13/h3-4,13-14H,2,5-11H2,1H3. The number of thiophene rings is 1. The van der Waals surface area contributed by atoms with Crippen LogP contribution in [0.15, 0.2) is 12.1 Å². The van der Waals surface area contributed by atoms with Crippen molar-refractivity contribution in [3.8, 4) is 0 Å². The number of amides is 1. The molecule has 6 nitrogen and oxygen atoms in total. The van der Waals surface area contributed by atoms with E-state index in [1.807, 2.05) is 24.0 Å². The fourth-order valence-corrected chi connectivity index (χ4v) is 7.36. The largest absolute Gasteiger partial charge is 0.445 e. The monoisotopic (exact) mass is 492 g/mol. The molecule has 12 heteroatoms. The molecule has 4 rings (SSSR count). The zero-order chi connectivity index (χ0) is 22.4. The predicted molar refractivity (Wildman–Crippen MR) is 118 cm³/mol. The third-order valence-corrected chi connectivity index (χ3v) is 9.80. The fourth-order valence-electron chi connectivity index (χ4n) is 4.00. The average Bonchev–Trinajstić information content (AvgIpc) is 3.36. The van der Waals surface area contributed by atoms with Gasteiger partial charge in [-0.25, -0.2) is 0 Å². The van der Waals surface area contributed by atoms with E-state index in [-0.39, 0.29) is 23.0 Å². The van der Waals surface area contributed by atoms with E-state index < -0.39 is 20.7 Å². The zero-order valence-electron chi connectivity index (χ0n) is 16.9. The van der Waals surface area contributed by atoms with Crippen LogP contribution in [0.25, 0.3) is 0 Å². The second kappa shape index (κ2) is 8.36. The van der Waals surface area contributed by atoms with Gasteiger partial charge in [0.05, 0.1) is 6.04 Å². The maximum absolute atomic E-state index is 13.4. The van der Waals surface area contributed by atoms with Gasteiger partial charge in [0, 0.05) is 46.8 Å². The quantitative estimate of drug-likeness (QED) is 0.614. The first-order valence-electron chi connectivity index (χ1n) is 9.88. The Labute approximate surface area is 187 Å². The van der Waals surface area contributed by atoms with Crippen LogP contribution in [0.1, 0.15) is 33.6 Å². The maximum atomic E-state index is 13.4. The van der Waals surface area contributed by atoms with Crippen molar-refractivity contribution in [3.05, 3.63) is 26.9 Å². The highest BCUT2D eigenvalue weighted by Gasteiger charge is 2.40. The molecule has 0 saturated carbocycles. The van der Waals surface area contributed by atoms with E-state index in [1.54, 1.807) is 16.2 Å². The van der Waals surface area contributed by atoms with Gasteiger partial charge in [-0.05, 0) is 47.3 Å². The fraction of sp³-hybridized carbons (Fsp3) is 0.579. The van der Waals surface area contributed by atoms with E-state index in [0.29, 0.717) is 55.3 Å². The van der Waals surface area contributed by atoms with Gasteiger partial charge < -0.3 is 9.80 Å². The van der Waals surface area contributed by atoms with E-state index >= 15 is 0 Å². The first kappa shape index (κ1) is 22.5. The highest BCUT2D eigenvalue weighted by molar-refractivity contribution is 8.00. The lowest BCUT2D eigenvalue weighted by atomic mass is 9.98. The summed E-state index contributed by atoms with van der Waals surface area (Å²) in [4.78, 5) is 19.1. The number of piperazine rings is 1. The molecule has 1 amide bonds. The second-order valence-corrected chi connectivity index (χ2v) is 13.0. The van der Waals surface area contributed by atoms with Crippen molar-refractivity contribution in [2.45, 2.75) is 32.0 Å². The number of halogens is 3. The molecule has 2 aliphatic rings. The van der Waals surface area contributed by atoms with Gasteiger partial charge in [0.15, 0.2) is 0 Å². The molecule has 31 heavy (non-hydrogen) atoms. The Morgan fingerprint density at radius 3 is 2.48 bits per heavy atom. The van der Waals surface area contributed by atoms with Crippen molar-refractivity contribution in [1.82, 2.24) is 15.1 Å². The van der Waals surface area contributed by atoms with Crippen molar-refractivity contribution in [1.29, 1.82) is 0 Å². The van der Waals surface area contributed by atoms with Crippen LogP contribution in [0.4, 0.5) is 18.3 Å². The number of carbonyl (C=O) groups is 1. The van der Waals surface area contributed by atoms with E-state index in [2.05, 4.69) is 16.1 Å². The van der Waals surface area contributed by atoms with Crippen LogP contribution in [0.5, 0.6) is 0 Å². The van der Waals surface area contributed by atoms with Crippen LogP contribution in [0.3, 0.4) is 0 Å². The lowest BCUT2D eigenvalue weighted by Gasteiger charge is -2.42. The Hall–Kier alpha value is -1.66. The Morgan fingerprint density at radius 1 is 1.19 bits per heavy atom. The van der Waals surface area contributed by atoms with Gasteiger partial charge in [0.1, 0.15) is 0 Å². The SMILES string of the molecule is C=S1(=O)CCC(C(=O)N2CCN(c3nnc(C(F)(F)F)s3)CC2c2ccc(C)s2)CC1. The summed E-state index contributed by atoms with van der Waals surface area (Å²) in [7, 11) is -2.08. The molecule has 0 spiro atoms. The van der Waals surface area contributed by atoms with E-state index in [4.69, 9.17) is 0 Å². The Morgan fingerprint density at radius 2 is 1.90 bits per heavy atom. The predicted octanol–water partition coefficient (Wildman–Crippen LogP) is 3.44. The summed E-state index contributed by atoms with van der Waals surface area (Å²) in [6.07, 6.45) is -3.41. The molecular weight excluding hydrogens is 469 g/mol. The molecule has 1 atom stereocenters. The van der Waals surface area contributed by atoms with Gasteiger partial charge in [0.25, 0.3) is 0 Å². The number of carbonyl (C=O) groups excluding carboxylic acids is 1. The van der Waals surface area contributed by atoms with Crippen molar-refractivity contribution >= 4 is 49.1 Å². The summed E-state index contributed by atoms with van der Waals surface area (Å²) in [5.41, 5.74) is 0. The summed E-state index contributed by atoms with van der Waals surface area (Å²) in [6.45, 7) is 3.11. The van der Waals surface area contributed by atoms with Gasteiger partial charge in [-0.3, -0.25) is 9.00 Å². The number of hydrogen-bond donors (Lipinski definition) is 0. The van der Waals surface area contributed by atoms with Crippen LogP contribution in [0, 0.1) is 12.8 Å². The minimum absolute atomic E-state index is 0.0267. The average molecular weight is 493 g/mol. The number of anilines is 1. The molecule has 0 aromatic carbocycles. The molecule has 0 radical (unpaired) electrons. The summed E-state index contributed by atoms with van der Waals surface area (Å²) < 4.78 is 51.0. The maximum Gasteiger partial charge on any atom is 0.445 e. The van der Waals surface area contributed by atoms with Gasteiger partial charge in [-0.15, -0.1) is 21.5 Å². The van der Waals surface area contributed by atoms with Gasteiger partial charge in [-0.2, -0.15) is 13.2 Å². The molecule has 2 aromatic heterocycles. The number of aryl methyl sites for hydroxylation is 1. The Balaban J connectivity index is 1.56. The minimum Gasteiger partial charge on any atom is -0.342 e. The molecule has 2 aromatic rings. The Kier molecular flexibility index (Phi) is 6.08. The second-order valence-electron chi connectivity index (χ2n) is 7.98. The molecule has 2 saturated heterocycles. The van der Waals surface area contributed by atoms with Crippen LogP contribution in [-0.2, 0) is 20.5 Å². The number of alkyl halides is 3. The topological polar surface area (TPSA) is 66.4 Å². The molecular formula is C19H23F3N4O2S3. The molecule has 2 aliphatic heterocycles. The molecule has 170 valence electrons. The van der Waals surface area contributed by atoms with Crippen LogP contribution >= 0.6 is 22.7 Å². The lowest BCUT2D eigenvalue weighted by molar-refractivity contribution is -0.139. The zero-order valence-corrected chi connectivity index (χ0v) is 19.4. The van der Waals surface area contributed by atoms with Crippen LogP contribution < -0.4 is 4.90 Å². The van der Waals surface area contributed by atoms with Gasteiger partial charge in [-0.1, -0.05) is 11.3 Å². The minimum atomic E-state index is -4.52. The first-order chi connectivity index (χ1) is 14.5. The summed E-state index contributed by atoms with van der Waals surface area (Å²) in [6, 6.07) is 3.68. The summed E-state index contributed by atoms with van der Waals surface area (Å²) in [5.74, 6) is 4.52. The molecule has 0 bridgehead atoms. The highest BCUT2D eigenvalue weighted by atomic mass is 32.2. The molecule has 1 unspecified atom stereocenters. The molecule has 4 heterocycles. The number of rotatable bonds is 3. The van der Waals surface area contributed by atoms with Crippen molar-refractivity contribution in [2.75, 3.05) is 36.0 Å². The van der Waals surface area contributed by atoms with Crippen LogP contribution in [0.2, 0.25) is 0 Å². The summed E-state index contributed by atoms with van der Waals surface area (Å²) in [5, 5.41) is 6.29. The summed E-state index contributed by atoms with van der Waals surface area (Å²) >= 11 is 2.11. The Bertz CT molecular complexity index is 1050. The lowest BCUT2D eigenvalue weighted by Crippen LogP contribution is -2.52. The van der Waals surface area contributed by atoms with Crippen molar-refractivity contribution < 1.29 is 22.2 Å². The smallest absolute Gasteiger partial charge is 0.342 e. The van der Waals surface area contributed by atoms with Gasteiger partial charge >= 0.3 is 6.18 Å². The van der Waals surface area contributed by atoms with Gasteiger partial charge in [0.2, 0.25) is 16.0 Å². The molecule has 2 fully saturated rings. The third-order valence-electron chi connectivity index (χ3n) is 5.71. The molecule has 0 N–H and O–H groups in total. The van der Waals surface area contributed by atoms with E-state index in [1.165, 1.54) is 0 Å². The number of hydrogen-bond acceptors (Lipinski definition) is 7. The van der Waals surface area contributed by atoms with Crippen molar-refractivity contribution in [2.24, 2.45) is 5.92 Å². The first-order valence-corrected chi connectivity index (χ1v) is 13.6. The number of nitrogens with zero attached hydrogens (tertiary/aromatic N) is 4. The number of aromatic nitrogens is 2. The normalized spacial score (nSPS) is 27.5. The van der Waals surface area contributed by atoms with E-state index in [9.17, 15) is 22.2 Å².